The van der Waals surface area contributed by atoms with E-state index in [0.29, 0.717) is 24.5 Å². The minimum absolute atomic E-state index is 0.172. The normalized spacial score (nSPS) is 9.86. The molecule has 0 saturated carbocycles. The molecule has 1 amide bonds. The van der Waals surface area contributed by atoms with Crippen molar-refractivity contribution in [3.8, 4) is 11.8 Å². The van der Waals surface area contributed by atoms with E-state index >= 15 is 0 Å². The molecule has 2 aromatic rings. The number of nitrogens with zero attached hydrogens (tertiary/aromatic N) is 3. The molecule has 0 unspecified atom stereocenters. The summed E-state index contributed by atoms with van der Waals surface area (Å²) >= 11 is 0. The number of hydrogen-bond acceptors (Lipinski definition) is 4. The van der Waals surface area contributed by atoms with E-state index in [2.05, 4.69) is 27.4 Å². The Balaban J connectivity index is 2.10. The third-order valence-electron chi connectivity index (χ3n) is 3.04. The molecule has 0 saturated heterocycles. The van der Waals surface area contributed by atoms with Crippen LogP contribution in [0.3, 0.4) is 0 Å². The van der Waals surface area contributed by atoms with Crippen LogP contribution in [0.25, 0.3) is 0 Å². The first-order valence-corrected chi connectivity index (χ1v) is 6.52. The minimum atomic E-state index is -0.172. The number of amides is 1. The highest BCUT2D eigenvalue weighted by atomic mass is 16.1. The summed E-state index contributed by atoms with van der Waals surface area (Å²) in [6.07, 6.45) is 1.59. The Morgan fingerprint density at radius 2 is 2.29 bits per heavy atom. The number of nitrogens with two attached hydrogens (primary N) is 1. The average molecular weight is 283 g/mol. The Morgan fingerprint density at radius 1 is 1.48 bits per heavy atom. The van der Waals surface area contributed by atoms with Gasteiger partial charge in [-0.05, 0) is 24.6 Å². The maximum Gasteiger partial charge on any atom is 0.251 e. The van der Waals surface area contributed by atoms with Crippen molar-refractivity contribution in [1.82, 2.24) is 20.1 Å². The highest BCUT2D eigenvalue weighted by Crippen LogP contribution is 2.10. The van der Waals surface area contributed by atoms with E-state index in [-0.39, 0.29) is 5.91 Å². The van der Waals surface area contributed by atoms with Crippen LogP contribution in [0.5, 0.6) is 0 Å². The van der Waals surface area contributed by atoms with Gasteiger partial charge in [-0.25, -0.2) is 0 Å². The first kappa shape index (κ1) is 14.8. The van der Waals surface area contributed by atoms with Crippen LogP contribution in [0.2, 0.25) is 0 Å². The molecular formula is C15H17N5O. The summed E-state index contributed by atoms with van der Waals surface area (Å²) in [7, 11) is 1.83. The van der Waals surface area contributed by atoms with E-state index in [1.54, 1.807) is 23.0 Å². The molecule has 1 heterocycles. The number of aromatic nitrogens is 3. The van der Waals surface area contributed by atoms with Gasteiger partial charge in [0.15, 0.2) is 5.82 Å². The number of nitrogens with one attached hydrogen (secondary N) is 1. The monoisotopic (exact) mass is 283 g/mol. The Kier molecular flexibility index (Phi) is 4.69. The molecule has 1 aromatic heterocycles. The molecule has 108 valence electrons. The molecule has 0 spiro atoms. The van der Waals surface area contributed by atoms with Crippen molar-refractivity contribution in [2.75, 3.05) is 6.54 Å². The summed E-state index contributed by atoms with van der Waals surface area (Å²) in [4.78, 5) is 12.1. The van der Waals surface area contributed by atoms with Crippen LogP contribution in [0.15, 0.2) is 24.5 Å². The van der Waals surface area contributed by atoms with Gasteiger partial charge in [-0.15, -0.1) is 10.2 Å². The summed E-state index contributed by atoms with van der Waals surface area (Å²) in [6.45, 7) is 2.57. The van der Waals surface area contributed by atoms with Gasteiger partial charge in [0.25, 0.3) is 5.91 Å². The molecule has 2 rings (SSSR count). The van der Waals surface area contributed by atoms with Crippen molar-refractivity contribution in [3.05, 3.63) is 47.0 Å². The number of carbonyl (C=O) groups excluding carboxylic acids is 1. The zero-order valence-corrected chi connectivity index (χ0v) is 12.1. The lowest BCUT2D eigenvalue weighted by atomic mass is 10.0. The molecule has 3 N–H and O–H groups in total. The number of carbonyl (C=O) groups is 1. The number of benzene rings is 1. The Bertz CT molecular complexity index is 708. The first-order valence-electron chi connectivity index (χ1n) is 6.52. The third kappa shape index (κ3) is 3.68. The zero-order valence-electron chi connectivity index (χ0n) is 12.1. The van der Waals surface area contributed by atoms with Crippen molar-refractivity contribution in [3.63, 3.8) is 0 Å². The van der Waals surface area contributed by atoms with E-state index in [0.717, 1.165) is 11.1 Å². The molecule has 0 atom stereocenters. The van der Waals surface area contributed by atoms with E-state index in [1.165, 1.54) is 0 Å². The van der Waals surface area contributed by atoms with Crippen LogP contribution in [0.4, 0.5) is 0 Å². The largest absolute Gasteiger partial charge is 0.345 e. The van der Waals surface area contributed by atoms with Gasteiger partial charge >= 0.3 is 0 Å². The van der Waals surface area contributed by atoms with Gasteiger partial charge in [0.1, 0.15) is 6.33 Å². The lowest BCUT2D eigenvalue weighted by Gasteiger charge is -2.06. The fourth-order valence-corrected chi connectivity index (χ4v) is 1.77. The molecule has 0 aliphatic rings. The van der Waals surface area contributed by atoms with Crippen molar-refractivity contribution in [2.45, 2.75) is 13.5 Å². The van der Waals surface area contributed by atoms with Gasteiger partial charge in [-0.3, -0.25) is 4.79 Å². The van der Waals surface area contributed by atoms with Gasteiger partial charge < -0.3 is 15.6 Å². The van der Waals surface area contributed by atoms with Gasteiger partial charge in [0.05, 0.1) is 13.1 Å². The van der Waals surface area contributed by atoms with Crippen molar-refractivity contribution in [1.29, 1.82) is 0 Å². The Labute approximate surface area is 123 Å². The Morgan fingerprint density at radius 3 is 2.95 bits per heavy atom. The molecule has 6 heteroatoms. The summed E-state index contributed by atoms with van der Waals surface area (Å²) in [5.74, 6) is 6.28. The summed E-state index contributed by atoms with van der Waals surface area (Å²) in [6, 6.07) is 5.41. The van der Waals surface area contributed by atoms with Crippen LogP contribution in [0.1, 0.15) is 27.3 Å². The molecule has 0 bridgehead atoms. The summed E-state index contributed by atoms with van der Waals surface area (Å²) < 4.78 is 1.76. The second-order valence-corrected chi connectivity index (χ2v) is 4.58. The van der Waals surface area contributed by atoms with Gasteiger partial charge in [-0.1, -0.05) is 17.9 Å². The molecule has 0 aliphatic carbocycles. The fraction of sp³-hybridized carbons (Fsp3) is 0.267. The predicted octanol–water partition coefficient (Wildman–Crippen LogP) is 0.364. The van der Waals surface area contributed by atoms with Crippen LogP contribution >= 0.6 is 0 Å². The van der Waals surface area contributed by atoms with E-state index < -0.39 is 0 Å². The quantitative estimate of drug-likeness (QED) is 0.797. The van der Waals surface area contributed by atoms with Gasteiger partial charge in [-0.2, -0.15) is 0 Å². The zero-order chi connectivity index (χ0) is 15.2. The SMILES string of the molecule is Cc1ccc(C(=O)NCc2nncn2C)cc1C#CCN. The number of hydrogen-bond donors (Lipinski definition) is 2. The molecule has 0 aliphatic heterocycles. The van der Waals surface area contributed by atoms with E-state index in [4.69, 9.17) is 5.73 Å². The first-order chi connectivity index (χ1) is 10.1. The van der Waals surface area contributed by atoms with Crippen molar-refractivity contribution in [2.24, 2.45) is 12.8 Å². The number of rotatable bonds is 3. The van der Waals surface area contributed by atoms with E-state index in [9.17, 15) is 4.79 Å². The lowest BCUT2D eigenvalue weighted by molar-refractivity contribution is 0.0949. The van der Waals surface area contributed by atoms with E-state index in [1.807, 2.05) is 20.0 Å². The van der Waals surface area contributed by atoms with Crippen LogP contribution in [-0.2, 0) is 13.6 Å². The maximum atomic E-state index is 12.1. The smallest absolute Gasteiger partial charge is 0.251 e. The molecule has 6 nitrogen and oxygen atoms in total. The second kappa shape index (κ2) is 6.68. The Hall–Kier alpha value is -2.65. The molecule has 21 heavy (non-hydrogen) atoms. The summed E-state index contributed by atoms with van der Waals surface area (Å²) in [5, 5.41) is 10.5. The minimum Gasteiger partial charge on any atom is -0.345 e. The third-order valence-corrected chi connectivity index (χ3v) is 3.04. The average Bonchev–Trinajstić information content (AvgIpc) is 2.89. The van der Waals surface area contributed by atoms with Gasteiger partial charge in [0, 0.05) is 18.2 Å². The molecule has 1 aromatic carbocycles. The van der Waals surface area contributed by atoms with Crippen molar-refractivity contribution < 1.29 is 4.79 Å². The topological polar surface area (TPSA) is 85.8 Å². The van der Waals surface area contributed by atoms with Crippen LogP contribution < -0.4 is 11.1 Å². The summed E-state index contributed by atoms with van der Waals surface area (Å²) in [5.41, 5.74) is 7.76. The fourth-order valence-electron chi connectivity index (χ4n) is 1.77. The van der Waals surface area contributed by atoms with Gasteiger partial charge in [0.2, 0.25) is 0 Å². The van der Waals surface area contributed by atoms with Crippen LogP contribution in [0, 0.1) is 18.8 Å². The molecular weight excluding hydrogens is 266 g/mol. The second-order valence-electron chi connectivity index (χ2n) is 4.58. The standard InChI is InChI=1S/C15H17N5O/c1-11-5-6-13(8-12(11)4-3-7-16)15(21)17-9-14-19-18-10-20(14)2/h5-6,8,10H,7,9,16H2,1-2H3,(H,17,21). The molecule has 0 radical (unpaired) electrons. The predicted molar refractivity (Wildman–Crippen MR) is 79.3 cm³/mol. The highest BCUT2D eigenvalue weighted by molar-refractivity contribution is 5.94. The van der Waals surface area contributed by atoms with Crippen LogP contribution in [-0.4, -0.2) is 27.2 Å². The van der Waals surface area contributed by atoms with Crippen molar-refractivity contribution >= 4 is 5.91 Å². The lowest BCUT2D eigenvalue weighted by Crippen LogP contribution is -2.24. The highest BCUT2D eigenvalue weighted by Gasteiger charge is 2.09. The number of aryl methyl sites for hydroxylation is 2. The molecule has 0 fully saturated rings. The maximum absolute atomic E-state index is 12.1.